The molecular formula is C21H23N3O3S2. The van der Waals surface area contributed by atoms with Crippen LogP contribution in [0.25, 0.3) is 10.2 Å². The molecular weight excluding hydrogens is 406 g/mol. The molecule has 4 rings (SSSR count). The third-order valence-electron chi connectivity index (χ3n) is 5.04. The Hall–Kier alpha value is -2.45. The van der Waals surface area contributed by atoms with Gasteiger partial charge in [-0.15, -0.1) is 22.7 Å². The summed E-state index contributed by atoms with van der Waals surface area (Å²) in [6, 6.07) is 3.87. The number of carbonyl (C=O) groups excluding carboxylic acids is 2. The van der Waals surface area contributed by atoms with Crippen LogP contribution >= 0.6 is 22.7 Å². The van der Waals surface area contributed by atoms with Crippen LogP contribution in [0.15, 0.2) is 12.1 Å². The highest BCUT2D eigenvalue weighted by atomic mass is 32.1. The molecule has 0 bridgehead atoms. The molecule has 3 aromatic heterocycles. The summed E-state index contributed by atoms with van der Waals surface area (Å²) >= 11 is 2.74. The summed E-state index contributed by atoms with van der Waals surface area (Å²) in [5.41, 5.74) is 9.15. The van der Waals surface area contributed by atoms with Crippen LogP contribution in [-0.2, 0) is 17.6 Å². The van der Waals surface area contributed by atoms with Gasteiger partial charge in [0.25, 0.3) is 5.91 Å². The first-order valence-corrected chi connectivity index (χ1v) is 11.4. The van der Waals surface area contributed by atoms with Gasteiger partial charge in [0.15, 0.2) is 0 Å². The molecule has 0 unspecified atom stereocenters. The quantitative estimate of drug-likeness (QED) is 0.558. The first-order chi connectivity index (χ1) is 13.9. The summed E-state index contributed by atoms with van der Waals surface area (Å²) in [6.07, 6.45) is 2.78. The molecule has 8 heteroatoms. The monoisotopic (exact) mass is 429 g/mol. The van der Waals surface area contributed by atoms with Crippen LogP contribution in [0.4, 0.5) is 10.7 Å². The number of rotatable bonds is 5. The normalized spacial score (nSPS) is 13.1. The van der Waals surface area contributed by atoms with E-state index in [9.17, 15) is 9.59 Å². The Morgan fingerprint density at radius 1 is 1.28 bits per heavy atom. The molecule has 3 heterocycles. The Labute approximate surface area is 177 Å². The number of hydrogen-bond donors (Lipinski definition) is 2. The van der Waals surface area contributed by atoms with Gasteiger partial charge in [-0.1, -0.05) is 13.8 Å². The second-order valence-corrected chi connectivity index (χ2v) is 9.43. The Bertz CT molecular complexity index is 1110. The van der Waals surface area contributed by atoms with Crippen LogP contribution < -0.4 is 11.1 Å². The summed E-state index contributed by atoms with van der Waals surface area (Å²) in [7, 11) is 0. The van der Waals surface area contributed by atoms with Crippen LogP contribution in [0.1, 0.15) is 69.3 Å². The van der Waals surface area contributed by atoms with Gasteiger partial charge in [0.05, 0.1) is 17.9 Å². The summed E-state index contributed by atoms with van der Waals surface area (Å²) in [6.45, 7) is 6.22. The molecule has 152 valence electrons. The van der Waals surface area contributed by atoms with E-state index >= 15 is 0 Å². The molecule has 29 heavy (non-hydrogen) atoms. The number of nitrogens with two attached hydrogens (primary N) is 1. The predicted octanol–water partition coefficient (Wildman–Crippen LogP) is 4.98. The van der Waals surface area contributed by atoms with Crippen molar-refractivity contribution >= 4 is 55.5 Å². The van der Waals surface area contributed by atoms with E-state index in [1.54, 1.807) is 6.92 Å². The lowest BCUT2D eigenvalue weighted by molar-refractivity contribution is 0.0527. The largest absolute Gasteiger partial charge is 0.462 e. The first kappa shape index (κ1) is 19.8. The van der Waals surface area contributed by atoms with E-state index in [1.807, 2.05) is 12.1 Å². The number of nitrogens with zero attached hydrogens (tertiary/aromatic N) is 1. The van der Waals surface area contributed by atoms with E-state index in [0.717, 1.165) is 45.6 Å². The van der Waals surface area contributed by atoms with Crippen molar-refractivity contribution in [1.29, 1.82) is 0 Å². The van der Waals surface area contributed by atoms with E-state index in [0.29, 0.717) is 33.7 Å². The number of nitrogens with one attached hydrogen (secondary N) is 1. The molecule has 0 atom stereocenters. The van der Waals surface area contributed by atoms with Crippen molar-refractivity contribution in [2.75, 3.05) is 17.7 Å². The topological polar surface area (TPSA) is 94.3 Å². The van der Waals surface area contributed by atoms with Crippen LogP contribution in [0.3, 0.4) is 0 Å². The average molecular weight is 430 g/mol. The fraction of sp³-hybridized carbons (Fsp3) is 0.381. The lowest BCUT2D eigenvalue weighted by atomic mass is 10.1. The number of aromatic nitrogens is 1. The SMILES string of the molecule is CCOC(=O)c1c(NC(=O)c2sc3nc(C(C)C)ccc3c2N)sc2c1CCC2. The highest BCUT2D eigenvalue weighted by Gasteiger charge is 2.29. The van der Waals surface area contributed by atoms with Gasteiger partial charge in [-0.05, 0) is 49.8 Å². The minimum atomic E-state index is -0.380. The van der Waals surface area contributed by atoms with E-state index in [2.05, 4.69) is 24.1 Å². The summed E-state index contributed by atoms with van der Waals surface area (Å²) in [4.78, 5) is 32.5. The van der Waals surface area contributed by atoms with Gasteiger partial charge in [0.1, 0.15) is 14.7 Å². The zero-order valence-electron chi connectivity index (χ0n) is 16.6. The summed E-state index contributed by atoms with van der Waals surface area (Å²) < 4.78 is 5.23. The van der Waals surface area contributed by atoms with Gasteiger partial charge >= 0.3 is 5.97 Å². The van der Waals surface area contributed by atoms with E-state index in [4.69, 9.17) is 10.5 Å². The fourth-order valence-corrected chi connectivity index (χ4v) is 5.84. The standard InChI is InChI=1S/C21H23N3O3S2/c1-4-27-21(26)15-11-6-5-7-14(11)28-20(15)24-18(25)17-16(22)12-8-9-13(10(2)3)23-19(12)29-17/h8-10H,4-7,22H2,1-3H3,(H,24,25). The lowest BCUT2D eigenvalue weighted by Crippen LogP contribution is -2.15. The third-order valence-corrected chi connectivity index (χ3v) is 7.36. The molecule has 0 aromatic carbocycles. The molecule has 1 amide bonds. The number of carbonyl (C=O) groups is 2. The number of fused-ring (bicyclic) bond motifs is 2. The molecule has 1 aliphatic rings. The molecule has 0 aliphatic heterocycles. The lowest BCUT2D eigenvalue weighted by Gasteiger charge is -2.07. The number of nitrogen functional groups attached to an aromatic ring is 1. The number of amides is 1. The number of hydrogen-bond acceptors (Lipinski definition) is 7. The molecule has 3 N–H and O–H groups in total. The number of ether oxygens (including phenoxy) is 1. The first-order valence-electron chi connectivity index (χ1n) is 9.72. The van der Waals surface area contributed by atoms with Crippen molar-refractivity contribution in [3.8, 4) is 0 Å². The number of anilines is 2. The molecule has 0 saturated carbocycles. The van der Waals surface area contributed by atoms with Crippen LogP contribution in [0.2, 0.25) is 0 Å². The average Bonchev–Trinajstić information content (AvgIpc) is 3.34. The van der Waals surface area contributed by atoms with Crippen molar-refractivity contribution in [3.63, 3.8) is 0 Å². The number of esters is 1. The van der Waals surface area contributed by atoms with Gasteiger partial charge in [0.2, 0.25) is 0 Å². The maximum absolute atomic E-state index is 13.0. The molecule has 1 aliphatic carbocycles. The van der Waals surface area contributed by atoms with Crippen molar-refractivity contribution in [2.24, 2.45) is 0 Å². The number of thiophene rings is 2. The van der Waals surface area contributed by atoms with Crippen molar-refractivity contribution in [2.45, 2.75) is 46.0 Å². The van der Waals surface area contributed by atoms with E-state index in [-0.39, 0.29) is 11.9 Å². The Morgan fingerprint density at radius 3 is 2.79 bits per heavy atom. The van der Waals surface area contributed by atoms with Crippen LogP contribution in [0.5, 0.6) is 0 Å². The number of aryl methyl sites for hydroxylation is 1. The molecule has 0 saturated heterocycles. The van der Waals surface area contributed by atoms with E-state index < -0.39 is 0 Å². The second kappa shape index (κ2) is 7.76. The van der Waals surface area contributed by atoms with Gasteiger partial charge in [-0.2, -0.15) is 0 Å². The van der Waals surface area contributed by atoms with Gasteiger partial charge in [-0.25, -0.2) is 9.78 Å². The number of pyridine rings is 1. The maximum atomic E-state index is 13.0. The van der Waals surface area contributed by atoms with Crippen molar-refractivity contribution in [3.05, 3.63) is 38.7 Å². The zero-order valence-corrected chi connectivity index (χ0v) is 18.3. The fourth-order valence-electron chi connectivity index (χ4n) is 3.57. The second-order valence-electron chi connectivity index (χ2n) is 7.32. The molecule has 0 fully saturated rings. The minimum Gasteiger partial charge on any atom is -0.462 e. The van der Waals surface area contributed by atoms with Crippen molar-refractivity contribution in [1.82, 2.24) is 4.98 Å². The van der Waals surface area contributed by atoms with Crippen LogP contribution in [0, 0.1) is 0 Å². The third kappa shape index (κ3) is 3.51. The predicted molar refractivity (Wildman–Crippen MR) is 118 cm³/mol. The van der Waals surface area contributed by atoms with E-state index in [1.165, 1.54) is 22.7 Å². The van der Waals surface area contributed by atoms with Gasteiger partial charge in [0, 0.05) is 16.0 Å². The Morgan fingerprint density at radius 2 is 2.07 bits per heavy atom. The summed E-state index contributed by atoms with van der Waals surface area (Å²) in [5.74, 6) is -0.405. The molecule has 0 radical (unpaired) electrons. The summed E-state index contributed by atoms with van der Waals surface area (Å²) in [5, 5.41) is 4.24. The molecule has 3 aromatic rings. The maximum Gasteiger partial charge on any atom is 0.341 e. The zero-order chi connectivity index (χ0) is 20.7. The smallest absolute Gasteiger partial charge is 0.341 e. The van der Waals surface area contributed by atoms with Gasteiger partial charge in [-0.3, -0.25) is 4.79 Å². The Balaban J connectivity index is 1.68. The highest BCUT2D eigenvalue weighted by molar-refractivity contribution is 7.21. The van der Waals surface area contributed by atoms with Crippen LogP contribution in [-0.4, -0.2) is 23.5 Å². The van der Waals surface area contributed by atoms with Gasteiger partial charge < -0.3 is 15.8 Å². The van der Waals surface area contributed by atoms with Crippen molar-refractivity contribution < 1.29 is 14.3 Å². The minimum absolute atomic E-state index is 0.292. The Kier molecular flexibility index (Phi) is 5.31. The molecule has 0 spiro atoms. The molecule has 6 nitrogen and oxygen atoms in total. The highest BCUT2D eigenvalue weighted by Crippen LogP contribution is 2.41.